The van der Waals surface area contributed by atoms with Crippen LogP contribution in [0.2, 0.25) is 5.04 Å². The van der Waals surface area contributed by atoms with Crippen molar-refractivity contribution in [2.24, 2.45) is 0 Å². The number of carbonyl (C=O) groups excluding carboxylic acids is 1. The summed E-state index contributed by atoms with van der Waals surface area (Å²) in [4.78, 5) is 12.1. The van der Waals surface area contributed by atoms with E-state index in [4.69, 9.17) is 4.43 Å². The Labute approximate surface area is 182 Å². The highest BCUT2D eigenvalue weighted by Crippen LogP contribution is 2.38. The lowest BCUT2D eigenvalue weighted by atomic mass is 10.0. The molecule has 0 amide bonds. The quantitative estimate of drug-likeness (QED) is 0.360. The first-order chi connectivity index (χ1) is 14.3. The van der Waals surface area contributed by atoms with Crippen LogP contribution in [0.15, 0.2) is 78.9 Å². The molecule has 3 rings (SSSR count). The number of rotatable bonds is 7. The number of benzene rings is 3. The number of hydrogen-bond acceptors (Lipinski definition) is 2. The van der Waals surface area contributed by atoms with Crippen molar-refractivity contribution < 1.29 is 9.22 Å². The second-order valence-electron chi connectivity index (χ2n) is 8.89. The van der Waals surface area contributed by atoms with Gasteiger partial charge < -0.3 is 4.43 Å². The zero-order chi connectivity index (χ0) is 21.8. The fourth-order valence-corrected chi connectivity index (χ4v) is 8.69. The first-order valence-electron chi connectivity index (χ1n) is 10.7. The molecule has 156 valence electrons. The summed E-state index contributed by atoms with van der Waals surface area (Å²) in [7, 11) is -2.67. The Balaban J connectivity index is 2.22. The van der Waals surface area contributed by atoms with Crippen LogP contribution in [-0.4, -0.2) is 14.1 Å². The molecule has 30 heavy (non-hydrogen) atoms. The molecule has 0 aliphatic rings. The van der Waals surface area contributed by atoms with Gasteiger partial charge in [-0.1, -0.05) is 94.8 Å². The first kappa shape index (κ1) is 22.0. The second-order valence-corrected chi connectivity index (χ2v) is 13.1. The maximum absolute atomic E-state index is 12.1. The second kappa shape index (κ2) is 9.01. The molecule has 0 heterocycles. The van der Waals surface area contributed by atoms with Crippen LogP contribution < -0.4 is 14.8 Å². The number of hydrogen-bond donors (Lipinski definition) is 0. The molecular weight excluding hydrogens is 384 g/mol. The summed E-state index contributed by atoms with van der Waals surface area (Å²) in [6, 6.07) is 27.2. The molecule has 0 radical (unpaired) electrons. The van der Waals surface area contributed by atoms with Crippen LogP contribution in [0.5, 0.6) is 5.75 Å². The van der Waals surface area contributed by atoms with Gasteiger partial charge in [0.05, 0.1) is 0 Å². The lowest BCUT2D eigenvalue weighted by Crippen LogP contribution is -2.68. The number of carbonyl (C=O) groups is 1. The predicted molar refractivity (Wildman–Crippen MR) is 129 cm³/mol. The first-order valence-corrected chi connectivity index (χ1v) is 12.6. The smallest absolute Gasteiger partial charge is 0.319 e. The van der Waals surface area contributed by atoms with Crippen LogP contribution in [0.3, 0.4) is 0 Å². The van der Waals surface area contributed by atoms with Crippen molar-refractivity contribution in [3.63, 3.8) is 0 Å². The van der Waals surface area contributed by atoms with Crippen molar-refractivity contribution >= 4 is 24.5 Å². The zero-order valence-electron chi connectivity index (χ0n) is 18.7. The van der Waals surface area contributed by atoms with E-state index >= 15 is 0 Å². The highest BCUT2D eigenvalue weighted by atomic mass is 28.4. The Kier molecular flexibility index (Phi) is 6.62. The minimum atomic E-state index is -2.67. The predicted octanol–water partition coefficient (Wildman–Crippen LogP) is 5.78. The Morgan fingerprint density at radius 1 is 0.867 bits per heavy atom. The lowest BCUT2D eigenvalue weighted by Gasteiger charge is -2.43. The highest BCUT2D eigenvalue weighted by molar-refractivity contribution is 7.00. The van der Waals surface area contributed by atoms with Gasteiger partial charge in [0, 0.05) is 5.56 Å². The molecule has 2 nitrogen and oxygen atoms in total. The number of aryl methyl sites for hydroxylation is 1. The summed E-state index contributed by atoms with van der Waals surface area (Å²) < 4.78 is 7.09. The molecule has 3 heteroatoms. The normalized spacial score (nSPS) is 11.9. The van der Waals surface area contributed by atoms with E-state index in [0.717, 1.165) is 29.7 Å². The van der Waals surface area contributed by atoms with Crippen LogP contribution in [-0.2, 0) is 6.42 Å². The average molecular weight is 417 g/mol. The fraction of sp³-hybridized carbons (Fsp3) is 0.296. The average Bonchev–Trinajstić information content (AvgIpc) is 2.72. The lowest BCUT2D eigenvalue weighted by molar-refractivity contribution is 0.101. The summed E-state index contributed by atoms with van der Waals surface area (Å²) in [5, 5.41) is 2.40. The molecule has 0 spiro atoms. The molecule has 0 aromatic heterocycles. The van der Waals surface area contributed by atoms with Gasteiger partial charge in [-0.25, -0.2) is 0 Å². The molecule has 3 aromatic carbocycles. The van der Waals surface area contributed by atoms with Crippen molar-refractivity contribution in [1.29, 1.82) is 0 Å². The van der Waals surface area contributed by atoms with E-state index in [2.05, 4.69) is 94.4 Å². The van der Waals surface area contributed by atoms with Crippen molar-refractivity contribution in [2.75, 3.05) is 0 Å². The van der Waals surface area contributed by atoms with Gasteiger partial charge in [-0.2, -0.15) is 0 Å². The van der Waals surface area contributed by atoms with Crippen molar-refractivity contribution in [3.8, 4) is 5.75 Å². The summed E-state index contributed by atoms with van der Waals surface area (Å²) in [6.45, 7) is 10.6. The van der Waals surface area contributed by atoms with Gasteiger partial charge in [0.1, 0.15) is 5.75 Å². The van der Waals surface area contributed by atoms with E-state index < -0.39 is 8.32 Å². The van der Waals surface area contributed by atoms with Crippen molar-refractivity contribution in [2.45, 2.75) is 52.5 Å². The van der Waals surface area contributed by atoms with Gasteiger partial charge in [-0.3, -0.25) is 4.79 Å². The van der Waals surface area contributed by atoms with E-state index in [1.165, 1.54) is 10.4 Å². The Morgan fingerprint density at radius 2 is 1.40 bits per heavy atom. The largest absolute Gasteiger partial charge is 0.534 e. The van der Waals surface area contributed by atoms with E-state index in [1.54, 1.807) is 6.92 Å². The molecule has 3 aromatic rings. The summed E-state index contributed by atoms with van der Waals surface area (Å²) in [6.07, 6.45) is 1.86. The number of ketones is 1. The van der Waals surface area contributed by atoms with E-state index in [0.29, 0.717) is 0 Å². The van der Waals surface area contributed by atoms with E-state index in [-0.39, 0.29) is 10.8 Å². The zero-order valence-corrected chi connectivity index (χ0v) is 19.7. The Bertz CT molecular complexity index is 949. The third-order valence-electron chi connectivity index (χ3n) is 5.66. The molecule has 0 fully saturated rings. The summed E-state index contributed by atoms with van der Waals surface area (Å²) in [5.74, 6) is 0.952. The Morgan fingerprint density at radius 3 is 1.83 bits per heavy atom. The molecule has 0 saturated carbocycles. The van der Waals surface area contributed by atoms with Crippen LogP contribution in [0.25, 0.3) is 0 Å². The minimum absolute atomic E-state index is 0.0973. The van der Waals surface area contributed by atoms with E-state index in [9.17, 15) is 4.79 Å². The van der Waals surface area contributed by atoms with Gasteiger partial charge in [0.2, 0.25) is 0 Å². The molecule has 0 atom stereocenters. The summed E-state index contributed by atoms with van der Waals surface area (Å²) in [5.41, 5.74) is 1.87. The SMILES string of the molecule is CCCc1cc(O[Si](c2ccccc2)(c2ccccc2)C(C)(C)C)ccc1C(C)=O. The fourth-order valence-electron chi connectivity index (χ4n) is 4.28. The van der Waals surface area contributed by atoms with Crippen molar-refractivity contribution in [3.05, 3.63) is 90.0 Å². The standard InChI is InChI=1S/C27H32O2Si/c1-6-13-22-20-23(18-19-26(22)21(2)28)29-30(27(3,4)5,24-14-9-7-10-15-24)25-16-11-8-12-17-25/h7-12,14-20H,6,13H2,1-5H3. The van der Waals surface area contributed by atoms with Crippen molar-refractivity contribution in [1.82, 2.24) is 0 Å². The van der Waals surface area contributed by atoms with Gasteiger partial charge in [-0.05, 0) is 52.5 Å². The Hall–Kier alpha value is -2.65. The molecular formula is C27H32O2Si. The molecule has 0 saturated heterocycles. The molecule has 0 aliphatic heterocycles. The maximum atomic E-state index is 12.1. The van der Waals surface area contributed by atoms with E-state index in [1.807, 2.05) is 12.1 Å². The molecule has 0 bridgehead atoms. The van der Waals surface area contributed by atoms with Crippen LogP contribution >= 0.6 is 0 Å². The monoisotopic (exact) mass is 416 g/mol. The highest BCUT2D eigenvalue weighted by Gasteiger charge is 2.52. The number of Topliss-reactive ketones (excluding diaryl/α,β-unsaturated/α-hetero) is 1. The molecule has 0 N–H and O–H groups in total. The van der Waals surface area contributed by atoms with Gasteiger partial charge >= 0.3 is 8.32 Å². The van der Waals surface area contributed by atoms with Crippen LogP contribution in [0.1, 0.15) is 57.0 Å². The van der Waals surface area contributed by atoms with Crippen LogP contribution in [0.4, 0.5) is 0 Å². The molecule has 0 aliphatic carbocycles. The molecule has 0 unspecified atom stereocenters. The van der Waals surface area contributed by atoms with Gasteiger partial charge in [0.15, 0.2) is 5.78 Å². The maximum Gasteiger partial charge on any atom is 0.319 e. The summed E-state index contributed by atoms with van der Waals surface area (Å²) >= 11 is 0. The third-order valence-corrected chi connectivity index (χ3v) is 10.6. The third kappa shape index (κ3) is 4.27. The van der Waals surface area contributed by atoms with Gasteiger partial charge in [-0.15, -0.1) is 0 Å². The minimum Gasteiger partial charge on any atom is -0.534 e. The van der Waals surface area contributed by atoms with Gasteiger partial charge in [0.25, 0.3) is 0 Å². The van der Waals surface area contributed by atoms with Crippen LogP contribution in [0, 0.1) is 0 Å². The topological polar surface area (TPSA) is 26.3 Å².